The summed E-state index contributed by atoms with van der Waals surface area (Å²) in [7, 11) is 0. The van der Waals surface area contributed by atoms with Crippen LogP contribution in [0.15, 0.2) is 46.9 Å². The molecule has 0 bridgehead atoms. The van der Waals surface area contributed by atoms with Gasteiger partial charge in [-0.2, -0.15) is 0 Å². The maximum Gasteiger partial charge on any atom is 0.275 e. The Hall–Kier alpha value is -1.92. The number of nitrogens with one attached hydrogen (secondary N) is 1. The van der Waals surface area contributed by atoms with Crippen LogP contribution in [-0.2, 0) is 13.2 Å². The van der Waals surface area contributed by atoms with E-state index in [4.69, 9.17) is 0 Å². The van der Waals surface area contributed by atoms with E-state index in [1.54, 1.807) is 18.2 Å². The number of nitrogens with zero attached hydrogens (tertiary/aromatic N) is 1. The van der Waals surface area contributed by atoms with Crippen molar-refractivity contribution in [3.63, 3.8) is 0 Å². The van der Waals surface area contributed by atoms with Crippen molar-refractivity contribution in [2.45, 2.75) is 13.2 Å². The standard InChI is InChI=1S/C14H13BrN2O3/c15-12-6-5-10(14(7-12)17(19)20)8-16-13-4-2-1-3-11(13)9-18/h1-7,16,18H,8-9H2. The fourth-order valence-corrected chi connectivity index (χ4v) is 2.23. The first-order valence-corrected chi connectivity index (χ1v) is 6.76. The molecule has 0 aliphatic heterocycles. The Labute approximate surface area is 124 Å². The number of hydrogen-bond acceptors (Lipinski definition) is 4. The Bertz CT molecular complexity index is 632. The number of nitro benzene ring substituents is 1. The van der Waals surface area contributed by atoms with Crippen LogP contribution < -0.4 is 5.32 Å². The Balaban J connectivity index is 2.21. The van der Waals surface area contributed by atoms with Crippen LogP contribution in [0.4, 0.5) is 11.4 Å². The predicted molar refractivity (Wildman–Crippen MR) is 80.5 cm³/mol. The van der Waals surface area contributed by atoms with Gasteiger partial charge in [0.15, 0.2) is 0 Å². The molecular formula is C14H13BrN2O3. The first-order chi connectivity index (χ1) is 9.61. The van der Waals surface area contributed by atoms with Crippen LogP contribution in [0, 0.1) is 10.1 Å². The number of aliphatic hydroxyl groups excluding tert-OH is 1. The van der Waals surface area contributed by atoms with E-state index in [0.717, 1.165) is 11.3 Å². The molecule has 6 heteroatoms. The zero-order valence-corrected chi connectivity index (χ0v) is 12.1. The lowest BCUT2D eigenvalue weighted by atomic mass is 10.1. The van der Waals surface area contributed by atoms with Gasteiger partial charge in [-0.1, -0.05) is 34.1 Å². The minimum Gasteiger partial charge on any atom is -0.392 e. The second-order valence-corrected chi connectivity index (χ2v) is 5.11. The normalized spacial score (nSPS) is 10.3. The van der Waals surface area contributed by atoms with E-state index in [1.807, 2.05) is 18.2 Å². The van der Waals surface area contributed by atoms with E-state index >= 15 is 0 Å². The third-order valence-electron chi connectivity index (χ3n) is 2.90. The summed E-state index contributed by atoms with van der Waals surface area (Å²) < 4.78 is 0.670. The smallest absolute Gasteiger partial charge is 0.275 e. The molecule has 20 heavy (non-hydrogen) atoms. The highest BCUT2D eigenvalue weighted by Gasteiger charge is 2.14. The van der Waals surface area contributed by atoms with E-state index in [-0.39, 0.29) is 12.3 Å². The van der Waals surface area contributed by atoms with Crippen LogP contribution in [0.3, 0.4) is 0 Å². The first kappa shape index (κ1) is 14.5. The average Bonchev–Trinajstić information content (AvgIpc) is 2.46. The van der Waals surface area contributed by atoms with Gasteiger partial charge >= 0.3 is 0 Å². The van der Waals surface area contributed by atoms with Gasteiger partial charge in [-0.3, -0.25) is 10.1 Å². The van der Waals surface area contributed by atoms with Crippen molar-refractivity contribution in [1.29, 1.82) is 0 Å². The summed E-state index contributed by atoms with van der Waals surface area (Å²) in [5, 5.41) is 23.4. The number of para-hydroxylation sites is 1. The van der Waals surface area contributed by atoms with Crippen molar-refractivity contribution in [1.82, 2.24) is 0 Å². The highest BCUT2D eigenvalue weighted by atomic mass is 79.9. The quantitative estimate of drug-likeness (QED) is 0.647. The van der Waals surface area contributed by atoms with Crippen LogP contribution in [0.1, 0.15) is 11.1 Å². The fraction of sp³-hybridized carbons (Fsp3) is 0.143. The summed E-state index contributed by atoms with van der Waals surface area (Å²) in [5.41, 5.74) is 2.18. The molecule has 0 fully saturated rings. The third kappa shape index (κ3) is 3.34. The zero-order chi connectivity index (χ0) is 14.5. The van der Waals surface area contributed by atoms with Crippen molar-refractivity contribution in [2.75, 3.05) is 5.32 Å². The molecule has 2 aromatic carbocycles. The van der Waals surface area contributed by atoms with Crippen LogP contribution in [0.25, 0.3) is 0 Å². The molecule has 0 heterocycles. The van der Waals surface area contributed by atoms with Crippen LogP contribution in [-0.4, -0.2) is 10.0 Å². The molecule has 0 amide bonds. The van der Waals surface area contributed by atoms with E-state index < -0.39 is 4.92 Å². The van der Waals surface area contributed by atoms with Gasteiger partial charge in [0.25, 0.3) is 5.69 Å². The van der Waals surface area contributed by atoms with E-state index in [9.17, 15) is 15.2 Å². The van der Waals surface area contributed by atoms with Crippen molar-refractivity contribution in [2.24, 2.45) is 0 Å². The second-order valence-electron chi connectivity index (χ2n) is 4.20. The number of hydrogen-bond donors (Lipinski definition) is 2. The molecular weight excluding hydrogens is 324 g/mol. The van der Waals surface area contributed by atoms with Crippen molar-refractivity contribution in [3.8, 4) is 0 Å². The average molecular weight is 337 g/mol. The fourth-order valence-electron chi connectivity index (χ4n) is 1.88. The summed E-state index contributed by atoms with van der Waals surface area (Å²) in [6.07, 6.45) is 0. The van der Waals surface area contributed by atoms with Gasteiger partial charge < -0.3 is 10.4 Å². The van der Waals surface area contributed by atoms with Crippen LogP contribution in [0.2, 0.25) is 0 Å². The molecule has 0 aliphatic rings. The van der Waals surface area contributed by atoms with Gasteiger partial charge in [-0.25, -0.2) is 0 Å². The first-order valence-electron chi connectivity index (χ1n) is 5.97. The molecule has 0 aliphatic carbocycles. The molecule has 0 saturated heterocycles. The van der Waals surface area contributed by atoms with E-state index in [1.165, 1.54) is 6.07 Å². The maximum atomic E-state index is 11.0. The number of anilines is 1. The molecule has 0 aromatic heterocycles. The van der Waals surface area contributed by atoms with Crippen molar-refractivity contribution < 1.29 is 10.0 Å². The number of halogens is 1. The summed E-state index contributed by atoms with van der Waals surface area (Å²) >= 11 is 3.23. The number of aliphatic hydroxyl groups is 1. The lowest BCUT2D eigenvalue weighted by Crippen LogP contribution is -2.05. The van der Waals surface area contributed by atoms with Gasteiger partial charge in [0.1, 0.15) is 0 Å². The molecule has 5 nitrogen and oxygen atoms in total. The molecule has 104 valence electrons. The number of rotatable bonds is 5. The van der Waals surface area contributed by atoms with Gasteiger partial charge in [0.05, 0.1) is 11.5 Å². The maximum absolute atomic E-state index is 11.0. The Kier molecular flexibility index (Phi) is 4.70. The van der Waals surface area contributed by atoms with Crippen molar-refractivity contribution >= 4 is 27.3 Å². The van der Waals surface area contributed by atoms with E-state index in [0.29, 0.717) is 16.6 Å². The zero-order valence-electron chi connectivity index (χ0n) is 10.5. The molecule has 2 N–H and O–H groups in total. The number of nitro groups is 1. The Morgan fingerprint density at radius 2 is 1.95 bits per heavy atom. The predicted octanol–water partition coefficient (Wildman–Crippen LogP) is 3.46. The van der Waals surface area contributed by atoms with E-state index in [2.05, 4.69) is 21.2 Å². The summed E-state index contributed by atoms with van der Waals surface area (Å²) in [4.78, 5) is 10.6. The summed E-state index contributed by atoms with van der Waals surface area (Å²) in [6, 6.07) is 12.3. The van der Waals surface area contributed by atoms with Gasteiger partial charge in [0, 0.05) is 33.9 Å². The Morgan fingerprint density at radius 1 is 1.20 bits per heavy atom. The van der Waals surface area contributed by atoms with Gasteiger partial charge in [-0.15, -0.1) is 0 Å². The molecule has 0 radical (unpaired) electrons. The number of benzene rings is 2. The third-order valence-corrected chi connectivity index (χ3v) is 3.39. The minimum atomic E-state index is -0.403. The molecule has 2 rings (SSSR count). The van der Waals surface area contributed by atoms with Crippen LogP contribution in [0.5, 0.6) is 0 Å². The molecule has 0 unspecified atom stereocenters. The lowest BCUT2D eigenvalue weighted by molar-refractivity contribution is -0.385. The van der Waals surface area contributed by atoms with Gasteiger partial charge in [0.2, 0.25) is 0 Å². The topological polar surface area (TPSA) is 75.4 Å². The molecule has 0 atom stereocenters. The monoisotopic (exact) mass is 336 g/mol. The lowest BCUT2D eigenvalue weighted by Gasteiger charge is -2.10. The minimum absolute atomic E-state index is 0.0633. The second kappa shape index (κ2) is 6.49. The van der Waals surface area contributed by atoms with Crippen molar-refractivity contribution in [3.05, 3.63) is 68.2 Å². The SMILES string of the molecule is O=[N+]([O-])c1cc(Br)ccc1CNc1ccccc1CO. The van der Waals surface area contributed by atoms with Gasteiger partial charge in [-0.05, 0) is 18.2 Å². The summed E-state index contributed by atoms with van der Waals surface area (Å²) in [5.74, 6) is 0. The van der Waals surface area contributed by atoms with Crippen LogP contribution >= 0.6 is 15.9 Å². The highest BCUT2D eigenvalue weighted by Crippen LogP contribution is 2.25. The highest BCUT2D eigenvalue weighted by molar-refractivity contribution is 9.10. The largest absolute Gasteiger partial charge is 0.392 e. The summed E-state index contributed by atoms with van der Waals surface area (Å²) in [6.45, 7) is 0.242. The Morgan fingerprint density at radius 3 is 2.65 bits per heavy atom. The molecule has 0 spiro atoms. The molecule has 0 saturated carbocycles. The molecule has 2 aromatic rings.